The van der Waals surface area contributed by atoms with E-state index in [-0.39, 0.29) is 0 Å². The highest BCUT2D eigenvalue weighted by Crippen LogP contribution is 2.34. The normalized spacial score (nSPS) is 10.2. The van der Waals surface area contributed by atoms with Crippen LogP contribution in [0.2, 0.25) is 5.02 Å². The Balaban J connectivity index is 2.36. The largest absolute Gasteiger partial charge is 0.436 e. The number of anilines is 1. The molecule has 0 aliphatic rings. The zero-order valence-corrected chi connectivity index (χ0v) is 13.2. The van der Waals surface area contributed by atoms with Crippen molar-refractivity contribution in [3.8, 4) is 11.6 Å². The van der Waals surface area contributed by atoms with Gasteiger partial charge in [-0.15, -0.1) is 0 Å². The van der Waals surface area contributed by atoms with Crippen LogP contribution in [0, 0.1) is 0 Å². The molecular formula is C11H8Br2ClN3O. The second kappa shape index (κ2) is 5.86. The minimum Gasteiger partial charge on any atom is -0.436 e. The summed E-state index contributed by atoms with van der Waals surface area (Å²) in [4.78, 5) is 8.24. The second-order valence-electron chi connectivity index (χ2n) is 3.27. The van der Waals surface area contributed by atoms with Crippen molar-refractivity contribution in [3.63, 3.8) is 0 Å². The Morgan fingerprint density at radius 2 is 2.11 bits per heavy atom. The molecule has 0 bridgehead atoms. The number of ether oxygens (including phenoxy) is 1. The lowest BCUT2D eigenvalue weighted by Gasteiger charge is -2.09. The lowest BCUT2D eigenvalue weighted by atomic mass is 10.3. The third-order valence-electron chi connectivity index (χ3n) is 2.04. The minimum atomic E-state index is 0.398. The van der Waals surface area contributed by atoms with Gasteiger partial charge in [0.05, 0.1) is 15.7 Å². The van der Waals surface area contributed by atoms with Crippen LogP contribution in [0.1, 0.15) is 0 Å². The van der Waals surface area contributed by atoms with Gasteiger partial charge < -0.3 is 10.1 Å². The summed E-state index contributed by atoms with van der Waals surface area (Å²) in [5.74, 6) is 1.39. The SMILES string of the molecule is CNc1ncc(Br)c(Oc2cc(Br)ccc2Cl)n1. The van der Waals surface area contributed by atoms with Crippen molar-refractivity contribution in [2.45, 2.75) is 0 Å². The molecule has 0 atom stereocenters. The molecule has 0 spiro atoms. The molecule has 2 aromatic rings. The van der Waals surface area contributed by atoms with Crippen LogP contribution in [0.25, 0.3) is 0 Å². The summed E-state index contributed by atoms with van der Waals surface area (Å²) in [5.41, 5.74) is 0. The summed E-state index contributed by atoms with van der Waals surface area (Å²) in [7, 11) is 1.74. The van der Waals surface area contributed by atoms with Gasteiger partial charge in [0.1, 0.15) is 5.75 Å². The van der Waals surface area contributed by atoms with Crippen molar-refractivity contribution in [2.24, 2.45) is 0 Å². The Morgan fingerprint density at radius 1 is 1.33 bits per heavy atom. The molecule has 1 N–H and O–H groups in total. The van der Waals surface area contributed by atoms with Crippen molar-refractivity contribution < 1.29 is 4.74 Å². The van der Waals surface area contributed by atoms with Gasteiger partial charge in [0, 0.05) is 11.5 Å². The van der Waals surface area contributed by atoms with Gasteiger partial charge in [-0.2, -0.15) is 4.98 Å². The van der Waals surface area contributed by atoms with E-state index in [1.54, 1.807) is 25.4 Å². The van der Waals surface area contributed by atoms with Crippen LogP contribution in [0.15, 0.2) is 33.3 Å². The molecule has 1 aromatic heterocycles. The molecule has 0 fully saturated rings. The molecule has 0 aliphatic heterocycles. The van der Waals surface area contributed by atoms with Crippen molar-refractivity contribution in [1.29, 1.82) is 0 Å². The third kappa shape index (κ3) is 3.13. The number of benzene rings is 1. The minimum absolute atomic E-state index is 0.398. The molecule has 0 radical (unpaired) electrons. The van der Waals surface area contributed by atoms with Gasteiger partial charge in [-0.05, 0) is 34.1 Å². The number of aromatic nitrogens is 2. The van der Waals surface area contributed by atoms with E-state index >= 15 is 0 Å². The Bertz CT molecular complexity index is 580. The fourth-order valence-corrected chi connectivity index (χ4v) is 1.97. The fourth-order valence-electron chi connectivity index (χ4n) is 1.20. The fraction of sp³-hybridized carbons (Fsp3) is 0.0909. The Labute approximate surface area is 126 Å². The summed E-state index contributed by atoms with van der Waals surface area (Å²) < 4.78 is 7.19. The second-order valence-corrected chi connectivity index (χ2v) is 5.45. The maximum Gasteiger partial charge on any atom is 0.238 e. The molecule has 0 saturated heterocycles. The first-order valence-corrected chi connectivity index (χ1v) is 6.89. The average molecular weight is 393 g/mol. The highest BCUT2D eigenvalue weighted by Gasteiger charge is 2.10. The predicted molar refractivity (Wildman–Crippen MR) is 78.5 cm³/mol. The lowest BCUT2D eigenvalue weighted by molar-refractivity contribution is 0.459. The van der Waals surface area contributed by atoms with Crippen molar-refractivity contribution in [3.05, 3.63) is 38.4 Å². The highest BCUT2D eigenvalue weighted by atomic mass is 79.9. The van der Waals surface area contributed by atoms with Crippen LogP contribution in [-0.2, 0) is 0 Å². The molecule has 4 nitrogen and oxygen atoms in total. The molecule has 0 unspecified atom stereocenters. The Hall–Kier alpha value is -0.850. The maximum atomic E-state index is 6.05. The number of nitrogens with zero attached hydrogens (tertiary/aromatic N) is 2. The Kier molecular flexibility index (Phi) is 4.42. The number of halogens is 3. The van der Waals surface area contributed by atoms with Crippen molar-refractivity contribution in [1.82, 2.24) is 9.97 Å². The van der Waals surface area contributed by atoms with Crippen LogP contribution < -0.4 is 10.1 Å². The molecule has 1 heterocycles. The van der Waals surface area contributed by atoms with Gasteiger partial charge in [0.15, 0.2) is 0 Å². The summed E-state index contributed by atoms with van der Waals surface area (Å²) in [5, 5.41) is 3.35. The van der Waals surface area contributed by atoms with E-state index in [0.717, 1.165) is 4.47 Å². The van der Waals surface area contributed by atoms with Gasteiger partial charge in [0.2, 0.25) is 11.8 Å². The molecular weight excluding hydrogens is 385 g/mol. The molecule has 18 heavy (non-hydrogen) atoms. The number of rotatable bonds is 3. The maximum absolute atomic E-state index is 6.05. The van der Waals surface area contributed by atoms with Crippen LogP contribution in [0.4, 0.5) is 5.95 Å². The summed E-state index contributed by atoms with van der Waals surface area (Å²) >= 11 is 12.7. The zero-order valence-electron chi connectivity index (χ0n) is 9.25. The van der Waals surface area contributed by atoms with E-state index in [4.69, 9.17) is 16.3 Å². The monoisotopic (exact) mass is 391 g/mol. The molecule has 0 saturated carbocycles. The standard InChI is InChI=1S/C11H8Br2ClN3O/c1-15-11-16-5-7(13)10(17-11)18-9-4-6(12)2-3-8(9)14/h2-5H,1H3,(H,15,16,17). The molecule has 1 aromatic carbocycles. The van der Waals surface area contributed by atoms with Gasteiger partial charge in [-0.1, -0.05) is 27.5 Å². The van der Waals surface area contributed by atoms with Crippen LogP contribution in [-0.4, -0.2) is 17.0 Å². The molecule has 94 valence electrons. The van der Waals surface area contributed by atoms with E-state index in [2.05, 4.69) is 47.1 Å². The smallest absolute Gasteiger partial charge is 0.238 e. The van der Waals surface area contributed by atoms with Gasteiger partial charge in [-0.25, -0.2) is 4.98 Å². The first-order chi connectivity index (χ1) is 8.60. The summed E-state index contributed by atoms with van der Waals surface area (Å²) in [6.45, 7) is 0. The zero-order chi connectivity index (χ0) is 13.1. The quantitative estimate of drug-likeness (QED) is 0.835. The highest BCUT2D eigenvalue weighted by molar-refractivity contribution is 9.10. The van der Waals surface area contributed by atoms with Crippen molar-refractivity contribution >= 4 is 49.4 Å². The molecule has 0 amide bonds. The first kappa shape index (κ1) is 13.6. The van der Waals surface area contributed by atoms with E-state index in [1.165, 1.54) is 0 Å². The van der Waals surface area contributed by atoms with E-state index in [9.17, 15) is 0 Å². The topological polar surface area (TPSA) is 47.0 Å². The van der Waals surface area contributed by atoms with Crippen molar-refractivity contribution in [2.75, 3.05) is 12.4 Å². The van der Waals surface area contributed by atoms with Crippen LogP contribution in [0.3, 0.4) is 0 Å². The predicted octanol–water partition coefficient (Wildman–Crippen LogP) is 4.49. The van der Waals surface area contributed by atoms with E-state index in [1.807, 2.05) is 6.07 Å². The lowest BCUT2D eigenvalue weighted by Crippen LogP contribution is -1.98. The van der Waals surface area contributed by atoms with Gasteiger partial charge in [0.25, 0.3) is 0 Å². The number of hydrogen-bond acceptors (Lipinski definition) is 4. The van der Waals surface area contributed by atoms with E-state index < -0.39 is 0 Å². The van der Waals surface area contributed by atoms with Gasteiger partial charge >= 0.3 is 0 Å². The molecule has 2 rings (SSSR count). The third-order valence-corrected chi connectivity index (χ3v) is 3.38. The van der Waals surface area contributed by atoms with Crippen LogP contribution >= 0.6 is 43.5 Å². The summed E-state index contributed by atoms with van der Waals surface area (Å²) in [6, 6.07) is 5.36. The number of hydrogen-bond donors (Lipinski definition) is 1. The number of nitrogens with one attached hydrogen (secondary N) is 1. The average Bonchev–Trinajstić information content (AvgIpc) is 2.36. The molecule has 7 heteroatoms. The summed E-state index contributed by atoms with van der Waals surface area (Å²) in [6.07, 6.45) is 1.61. The molecule has 0 aliphatic carbocycles. The van der Waals surface area contributed by atoms with Crippen LogP contribution in [0.5, 0.6) is 11.6 Å². The first-order valence-electron chi connectivity index (χ1n) is 4.93. The van der Waals surface area contributed by atoms with E-state index in [0.29, 0.717) is 27.1 Å². The Morgan fingerprint density at radius 3 is 2.83 bits per heavy atom. The van der Waals surface area contributed by atoms with Gasteiger partial charge in [-0.3, -0.25) is 0 Å².